The highest BCUT2D eigenvalue weighted by Crippen LogP contribution is 2.21. The van der Waals surface area contributed by atoms with Gasteiger partial charge >= 0.3 is 0 Å². The Morgan fingerprint density at radius 1 is 1.06 bits per heavy atom. The van der Waals surface area contributed by atoms with Crippen molar-refractivity contribution in [1.29, 1.82) is 0 Å². The summed E-state index contributed by atoms with van der Waals surface area (Å²) in [5.74, 6) is -0.385. The number of carbonyl (C=O) groups excluding carboxylic acids is 1. The summed E-state index contributed by atoms with van der Waals surface area (Å²) in [6.45, 7) is 1.57. The quantitative estimate of drug-likeness (QED) is 0.468. The third kappa shape index (κ3) is 4.53. The number of nitrogens with zero attached hydrogens (tertiary/aromatic N) is 4. The Kier molecular flexibility index (Phi) is 6.02. The number of carbonyl (C=O) groups is 1. The minimum absolute atomic E-state index is 0.156. The predicted molar refractivity (Wildman–Crippen MR) is 122 cm³/mol. The molecule has 0 spiro atoms. The number of benzene rings is 3. The van der Waals surface area contributed by atoms with Crippen LogP contribution in [0.3, 0.4) is 0 Å². The number of likely N-dealkylation sites (N-methyl/N-ethyl adjacent to an activating group) is 1. The second kappa shape index (κ2) is 8.89. The first-order chi connectivity index (χ1) is 15.3. The zero-order valence-corrected chi connectivity index (χ0v) is 18.5. The summed E-state index contributed by atoms with van der Waals surface area (Å²) in [6.07, 6.45) is 3.06. The van der Waals surface area contributed by atoms with Crippen LogP contribution in [0.1, 0.15) is 18.5 Å². The summed E-state index contributed by atoms with van der Waals surface area (Å²) in [6, 6.07) is 19.7. The average Bonchev–Trinajstić information content (AvgIpc) is 3.33. The molecule has 0 aliphatic carbocycles. The number of rotatable bonds is 7. The van der Waals surface area contributed by atoms with Crippen LogP contribution in [0, 0.1) is 0 Å². The fourth-order valence-corrected chi connectivity index (χ4v) is 4.59. The van der Waals surface area contributed by atoms with Crippen LogP contribution in [0.25, 0.3) is 16.5 Å². The van der Waals surface area contributed by atoms with Crippen LogP contribution in [-0.2, 0) is 14.8 Å². The van der Waals surface area contributed by atoms with Gasteiger partial charge in [-0.15, -0.1) is 0 Å². The maximum absolute atomic E-state index is 12.9. The van der Waals surface area contributed by atoms with Gasteiger partial charge < -0.3 is 5.32 Å². The van der Waals surface area contributed by atoms with E-state index in [1.165, 1.54) is 13.4 Å². The van der Waals surface area contributed by atoms with Gasteiger partial charge in [-0.05, 0) is 47.5 Å². The Labute approximate surface area is 186 Å². The van der Waals surface area contributed by atoms with Gasteiger partial charge in [0, 0.05) is 7.05 Å². The summed E-state index contributed by atoms with van der Waals surface area (Å²) >= 11 is 0. The number of amides is 1. The Morgan fingerprint density at radius 3 is 2.47 bits per heavy atom. The van der Waals surface area contributed by atoms with Crippen molar-refractivity contribution in [3.8, 4) is 5.69 Å². The third-order valence-electron chi connectivity index (χ3n) is 5.25. The zero-order chi connectivity index (χ0) is 22.7. The lowest BCUT2D eigenvalue weighted by Crippen LogP contribution is -2.39. The smallest absolute Gasteiger partial charge is 0.243 e. The SMILES string of the molecule is C[C@H](NC(=O)CN(C)S(=O)(=O)c1ccc2ccccc2c1)c1ccc(-n2cncn2)cc1. The molecular formula is C23H23N5O3S. The van der Waals surface area contributed by atoms with Gasteiger partial charge in [-0.25, -0.2) is 18.1 Å². The fraction of sp³-hybridized carbons (Fsp3) is 0.174. The molecule has 4 aromatic rings. The van der Waals surface area contributed by atoms with E-state index in [1.54, 1.807) is 29.2 Å². The molecule has 164 valence electrons. The first kappa shape index (κ1) is 21.7. The molecule has 1 N–H and O–H groups in total. The molecule has 0 radical (unpaired) electrons. The van der Waals surface area contributed by atoms with Crippen molar-refractivity contribution >= 4 is 26.7 Å². The summed E-state index contributed by atoms with van der Waals surface area (Å²) in [5, 5.41) is 8.72. The Balaban J connectivity index is 1.41. The van der Waals surface area contributed by atoms with Gasteiger partial charge in [-0.2, -0.15) is 9.40 Å². The summed E-state index contributed by atoms with van der Waals surface area (Å²) < 4.78 is 28.6. The van der Waals surface area contributed by atoms with E-state index in [0.29, 0.717) is 0 Å². The molecule has 1 heterocycles. The Morgan fingerprint density at radius 2 is 1.78 bits per heavy atom. The van der Waals surface area contributed by atoms with Gasteiger partial charge in [0.2, 0.25) is 15.9 Å². The van der Waals surface area contributed by atoms with E-state index in [4.69, 9.17) is 0 Å². The number of nitrogens with one attached hydrogen (secondary N) is 1. The van der Waals surface area contributed by atoms with Gasteiger partial charge in [0.1, 0.15) is 12.7 Å². The first-order valence-corrected chi connectivity index (χ1v) is 11.5. The predicted octanol–water partition coefficient (Wildman–Crippen LogP) is 2.92. The van der Waals surface area contributed by atoms with Crippen LogP contribution in [-0.4, -0.2) is 47.0 Å². The maximum Gasteiger partial charge on any atom is 0.243 e. The lowest BCUT2D eigenvalue weighted by molar-refractivity contribution is -0.121. The molecule has 1 atom stereocenters. The number of hydrogen-bond acceptors (Lipinski definition) is 5. The van der Waals surface area contributed by atoms with Crippen LogP contribution < -0.4 is 5.32 Å². The standard InChI is InChI=1S/C23H23N5O3S/c1-17(18-7-10-21(11-8-18)28-16-24-15-25-28)26-23(29)14-27(2)32(30,31)22-12-9-19-5-3-4-6-20(19)13-22/h3-13,15-17H,14H2,1-2H3,(H,26,29)/t17-/m0/s1. The maximum atomic E-state index is 12.9. The van der Waals surface area contributed by atoms with Crippen LogP contribution >= 0.6 is 0 Å². The molecule has 0 aliphatic rings. The molecule has 0 aliphatic heterocycles. The topological polar surface area (TPSA) is 97.2 Å². The summed E-state index contributed by atoms with van der Waals surface area (Å²) in [4.78, 5) is 16.6. The van der Waals surface area contributed by atoms with Gasteiger partial charge in [0.05, 0.1) is 23.2 Å². The lowest BCUT2D eigenvalue weighted by Gasteiger charge is -2.20. The molecule has 0 fully saturated rings. The minimum atomic E-state index is -3.80. The molecule has 0 saturated heterocycles. The first-order valence-electron chi connectivity index (χ1n) is 10.0. The fourth-order valence-electron chi connectivity index (χ4n) is 3.42. The van der Waals surface area contributed by atoms with E-state index in [2.05, 4.69) is 15.4 Å². The van der Waals surface area contributed by atoms with E-state index in [0.717, 1.165) is 26.3 Å². The second-order valence-corrected chi connectivity index (χ2v) is 9.54. The van der Waals surface area contributed by atoms with Gasteiger partial charge in [-0.1, -0.05) is 42.5 Å². The Bertz CT molecular complexity index is 1340. The van der Waals surface area contributed by atoms with Crippen LogP contribution in [0.15, 0.2) is 84.3 Å². The van der Waals surface area contributed by atoms with Gasteiger partial charge in [0.15, 0.2) is 0 Å². The Hall–Kier alpha value is -3.56. The molecule has 1 amide bonds. The summed E-state index contributed by atoms with van der Waals surface area (Å²) in [7, 11) is -2.40. The lowest BCUT2D eigenvalue weighted by atomic mass is 10.1. The van der Waals surface area contributed by atoms with Crippen LogP contribution in [0.2, 0.25) is 0 Å². The largest absolute Gasteiger partial charge is 0.348 e. The number of sulfonamides is 1. The van der Waals surface area contributed by atoms with E-state index in [9.17, 15) is 13.2 Å². The van der Waals surface area contributed by atoms with Crippen molar-refractivity contribution in [2.45, 2.75) is 17.9 Å². The molecule has 1 aromatic heterocycles. The molecule has 4 rings (SSSR count). The molecule has 0 unspecified atom stereocenters. The van der Waals surface area contributed by atoms with E-state index in [1.807, 2.05) is 55.5 Å². The number of aromatic nitrogens is 3. The molecule has 9 heteroatoms. The van der Waals surface area contributed by atoms with E-state index >= 15 is 0 Å². The number of fused-ring (bicyclic) bond motifs is 1. The zero-order valence-electron chi connectivity index (χ0n) is 17.7. The van der Waals surface area contributed by atoms with Crippen molar-refractivity contribution < 1.29 is 13.2 Å². The minimum Gasteiger partial charge on any atom is -0.348 e. The van der Waals surface area contributed by atoms with Crippen LogP contribution in [0.4, 0.5) is 0 Å². The third-order valence-corrected chi connectivity index (χ3v) is 7.05. The van der Waals surface area contributed by atoms with Gasteiger partial charge in [-0.3, -0.25) is 4.79 Å². The van der Waals surface area contributed by atoms with E-state index in [-0.39, 0.29) is 23.4 Å². The molecule has 8 nitrogen and oxygen atoms in total. The summed E-state index contributed by atoms with van der Waals surface area (Å²) in [5.41, 5.74) is 1.74. The highest BCUT2D eigenvalue weighted by Gasteiger charge is 2.24. The molecule has 0 bridgehead atoms. The van der Waals surface area contributed by atoms with Crippen molar-refractivity contribution in [1.82, 2.24) is 24.4 Å². The number of hydrogen-bond donors (Lipinski definition) is 1. The highest BCUT2D eigenvalue weighted by atomic mass is 32.2. The molecular weight excluding hydrogens is 426 g/mol. The second-order valence-electron chi connectivity index (χ2n) is 7.49. The molecule has 32 heavy (non-hydrogen) atoms. The van der Waals surface area contributed by atoms with Crippen molar-refractivity contribution in [3.63, 3.8) is 0 Å². The monoisotopic (exact) mass is 449 g/mol. The molecule has 3 aromatic carbocycles. The van der Waals surface area contributed by atoms with E-state index < -0.39 is 10.0 Å². The van der Waals surface area contributed by atoms with Crippen LogP contribution in [0.5, 0.6) is 0 Å². The van der Waals surface area contributed by atoms with Crippen molar-refractivity contribution in [2.24, 2.45) is 0 Å². The molecule has 0 saturated carbocycles. The van der Waals surface area contributed by atoms with Crippen molar-refractivity contribution in [3.05, 3.63) is 84.9 Å². The van der Waals surface area contributed by atoms with Gasteiger partial charge in [0.25, 0.3) is 0 Å². The average molecular weight is 450 g/mol. The van der Waals surface area contributed by atoms with Crippen molar-refractivity contribution in [2.75, 3.05) is 13.6 Å². The normalized spacial score (nSPS) is 12.7. The highest BCUT2D eigenvalue weighted by molar-refractivity contribution is 7.89.